The van der Waals surface area contributed by atoms with E-state index in [1.165, 1.54) is 16.9 Å². The van der Waals surface area contributed by atoms with Gasteiger partial charge in [0.1, 0.15) is 5.54 Å². The average Bonchev–Trinajstić information content (AvgIpc) is 3.79. The molecular formula is C35H37N3O2S. The standard InChI is InChI=1S/C35H37N3O2S/c1-20-10-9-11-21(2)29(20)37-30(39)23-14-15-26-27(18-23)41-32(36-26)38-35-28(33(35,3)4)16-17-34(5,31(35)40)25-19-24(25)22-12-7-6-8-13-22/h6-15,18,24-25,28H,16-17,19H2,1-5H3,(H,36,38)(H,37,39)/t24?,25?,28-,34?,35+/m1/s1. The molecule has 0 saturated heterocycles. The molecule has 41 heavy (non-hydrogen) atoms. The number of nitrogens with one attached hydrogen (secondary N) is 2. The van der Waals surface area contributed by atoms with Crippen molar-refractivity contribution >= 4 is 44.1 Å². The summed E-state index contributed by atoms with van der Waals surface area (Å²) in [5.74, 6) is 1.39. The molecule has 1 amide bonds. The summed E-state index contributed by atoms with van der Waals surface area (Å²) in [5, 5.41) is 7.56. The van der Waals surface area contributed by atoms with E-state index in [0.29, 0.717) is 29.1 Å². The number of ketones is 1. The second-order valence-electron chi connectivity index (χ2n) is 13.3. The number of hydrogen-bond donors (Lipinski definition) is 2. The van der Waals surface area contributed by atoms with Crippen LogP contribution in [-0.2, 0) is 4.79 Å². The van der Waals surface area contributed by atoms with Crippen LogP contribution in [0.1, 0.15) is 73.0 Å². The summed E-state index contributed by atoms with van der Waals surface area (Å²) in [6.07, 6.45) is 3.09. The number of carbonyl (C=O) groups is 2. The average molecular weight is 564 g/mol. The molecular weight excluding hydrogens is 526 g/mol. The molecule has 3 unspecified atom stereocenters. The number of carbonyl (C=O) groups excluding carboxylic acids is 2. The van der Waals surface area contributed by atoms with Gasteiger partial charge in [0.25, 0.3) is 5.91 Å². The Morgan fingerprint density at radius 2 is 1.71 bits per heavy atom. The number of aryl methyl sites for hydroxylation is 2. The number of thiazole rings is 1. The van der Waals surface area contributed by atoms with E-state index in [0.717, 1.165) is 51.4 Å². The first kappa shape index (κ1) is 26.4. The van der Waals surface area contributed by atoms with Crippen molar-refractivity contribution < 1.29 is 9.59 Å². The van der Waals surface area contributed by atoms with E-state index in [-0.39, 0.29) is 16.7 Å². The first-order chi connectivity index (χ1) is 19.6. The number of para-hydroxylation sites is 1. The number of hydrogen-bond acceptors (Lipinski definition) is 5. The lowest BCUT2D eigenvalue weighted by Gasteiger charge is -2.38. The zero-order valence-corrected chi connectivity index (χ0v) is 25.2. The van der Waals surface area contributed by atoms with Gasteiger partial charge in [-0.3, -0.25) is 9.59 Å². The molecule has 7 rings (SSSR count). The van der Waals surface area contributed by atoms with Gasteiger partial charge in [-0.25, -0.2) is 4.98 Å². The first-order valence-corrected chi connectivity index (χ1v) is 15.5. The van der Waals surface area contributed by atoms with Crippen LogP contribution in [0, 0.1) is 36.5 Å². The molecule has 3 saturated carbocycles. The smallest absolute Gasteiger partial charge is 0.255 e. The van der Waals surface area contributed by atoms with Gasteiger partial charge in [-0.1, -0.05) is 80.6 Å². The summed E-state index contributed by atoms with van der Waals surface area (Å²) in [4.78, 5) is 32.6. The zero-order chi connectivity index (χ0) is 28.7. The van der Waals surface area contributed by atoms with Crippen LogP contribution in [0.2, 0.25) is 0 Å². The summed E-state index contributed by atoms with van der Waals surface area (Å²) in [7, 11) is 0. The van der Waals surface area contributed by atoms with Crippen LogP contribution in [0.5, 0.6) is 0 Å². The Morgan fingerprint density at radius 1 is 0.976 bits per heavy atom. The molecule has 3 aromatic carbocycles. The minimum absolute atomic E-state index is 0.132. The van der Waals surface area contributed by atoms with Crippen molar-refractivity contribution in [1.29, 1.82) is 0 Å². The second-order valence-corrected chi connectivity index (χ2v) is 14.3. The maximum Gasteiger partial charge on any atom is 0.255 e. The van der Waals surface area contributed by atoms with Crippen LogP contribution in [0.15, 0.2) is 66.7 Å². The molecule has 0 bridgehead atoms. The summed E-state index contributed by atoms with van der Waals surface area (Å²) in [6, 6.07) is 22.3. The van der Waals surface area contributed by atoms with Crippen LogP contribution in [0.4, 0.5) is 10.8 Å². The van der Waals surface area contributed by atoms with Crippen molar-refractivity contribution in [3.63, 3.8) is 0 Å². The predicted molar refractivity (Wildman–Crippen MR) is 167 cm³/mol. The molecule has 0 aliphatic heterocycles. The van der Waals surface area contributed by atoms with Crippen molar-refractivity contribution in [2.24, 2.45) is 22.7 Å². The molecule has 0 spiro atoms. The highest BCUT2D eigenvalue weighted by Crippen LogP contribution is 2.74. The fourth-order valence-corrected chi connectivity index (χ4v) is 8.99. The van der Waals surface area contributed by atoms with Gasteiger partial charge in [-0.2, -0.15) is 0 Å². The van der Waals surface area contributed by atoms with Gasteiger partial charge < -0.3 is 10.6 Å². The van der Waals surface area contributed by atoms with Gasteiger partial charge in [0, 0.05) is 22.1 Å². The van der Waals surface area contributed by atoms with Crippen LogP contribution in [-0.4, -0.2) is 22.2 Å². The zero-order valence-electron chi connectivity index (χ0n) is 24.4. The molecule has 5 atom stereocenters. The number of benzene rings is 3. The van der Waals surface area contributed by atoms with Gasteiger partial charge in [-0.05, 0) is 85.8 Å². The third-order valence-electron chi connectivity index (χ3n) is 10.7. The number of rotatable bonds is 6. The lowest BCUT2D eigenvalue weighted by molar-refractivity contribution is -0.134. The monoisotopic (exact) mass is 563 g/mol. The quantitative estimate of drug-likeness (QED) is 0.248. The lowest BCUT2D eigenvalue weighted by atomic mass is 9.68. The minimum Gasteiger partial charge on any atom is -0.348 e. The van der Waals surface area contributed by atoms with Gasteiger partial charge >= 0.3 is 0 Å². The number of fused-ring (bicyclic) bond motifs is 2. The molecule has 2 N–H and O–H groups in total. The molecule has 0 radical (unpaired) electrons. The van der Waals surface area contributed by atoms with E-state index in [9.17, 15) is 9.59 Å². The minimum atomic E-state index is -0.597. The van der Waals surface area contributed by atoms with Crippen molar-refractivity contribution in [3.05, 3.63) is 89.0 Å². The molecule has 4 aromatic rings. The van der Waals surface area contributed by atoms with Crippen molar-refractivity contribution in [3.8, 4) is 0 Å². The van der Waals surface area contributed by atoms with Crippen molar-refractivity contribution in [1.82, 2.24) is 4.98 Å². The summed E-state index contributed by atoms with van der Waals surface area (Å²) in [6.45, 7) is 10.7. The van der Waals surface area contributed by atoms with Crippen LogP contribution in [0.3, 0.4) is 0 Å². The van der Waals surface area contributed by atoms with Crippen molar-refractivity contribution in [2.45, 2.75) is 65.3 Å². The van der Waals surface area contributed by atoms with E-state index in [1.54, 1.807) is 0 Å². The van der Waals surface area contributed by atoms with Crippen LogP contribution in [0.25, 0.3) is 10.2 Å². The summed E-state index contributed by atoms with van der Waals surface area (Å²) >= 11 is 1.53. The van der Waals surface area contributed by atoms with E-state index >= 15 is 0 Å². The molecule has 3 aliphatic carbocycles. The molecule has 5 nitrogen and oxygen atoms in total. The van der Waals surface area contributed by atoms with E-state index in [4.69, 9.17) is 4.98 Å². The van der Waals surface area contributed by atoms with Gasteiger partial charge in [0.05, 0.1) is 10.2 Å². The largest absolute Gasteiger partial charge is 0.348 e. The third-order valence-corrected chi connectivity index (χ3v) is 11.6. The van der Waals surface area contributed by atoms with Crippen molar-refractivity contribution in [2.75, 3.05) is 10.6 Å². The maximum atomic E-state index is 14.5. The van der Waals surface area contributed by atoms with Gasteiger partial charge in [-0.15, -0.1) is 0 Å². The Hall–Kier alpha value is -3.51. The molecule has 3 fully saturated rings. The highest BCUT2D eigenvalue weighted by molar-refractivity contribution is 7.22. The molecule has 6 heteroatoms. The maximum absolute atomic E-state index is 14.5. The van der Waals surface area contributed by atoms with Gasteiger partial charge in [0.2, 0.25) is 0 Å². The highest BCUT2D eigenvalue weighted by atomic mass is 32.1. The van der Waals surface area contributed by atoms with Crippen LogP contribution >= 0.6 is 11.3 Å². The SMILES string of the molecule is Cc1cccc(C)c1NC(=O)c1ccc2nc(N[C@]34C(=O)C(C)(C5CC5c5ccccc5)CC[C@@H]3C4(C)C)sc2c1. The normalized spacial score (nSPS) is 29.6. The Kier molecular flexibility index (Phi) is 5.79. The van der Waals surface area contributed by atoms with E-state index < -0.39 is 5.54 Å². The number of Topliss-reactive ketones (excluding diaryl/α,β-unsaturated/α-hetero) is 1. The fourth-order valence-electron chi connectivity index (χ4n) is 8.02. The van der Waals surface area contributed by atoms with E-state index in [2.05, 4.69) is 61.7 Å². The Morgan fingerprint density at radius 3 is 2.44 bits per heavy atom. The van der Waals surface area contributed by atoms with E-state index in [1.807, 2.05) is 50.2 Å². The molecule has 3 aliphatic rings. The summed E-state index contributed by atoms with van der Waals surface area (Å²) in [5.41, 5.74) is 4.65. The molecule has 1 aromatic heterocycles. The Balaban J connectivity index is 1.14. The van der Waals surface area contributed by atoms with Gasteiger partial charge in [0.15, 0.2) is 10.9 Å². The molecule has 1 heterocycles. The lowest BCUT2D eigenvalue weighted by Crippen LogP contribution is -2.50. The van der Waals surface area contributed by atoms with Crippen LogP contribution < -0.4 is 10.6 Å². The third kappa shape index (κ3) is 3.90. The topological polar surface area (TPSA) is 71.1 Å². The fraction of sp³-hybridized carbons (Fsp3) is 0.400. The number of amides is 1. The predicted octanol–water partition coefficient (Wildman–Crippen LogP) is 8.15. The first-order valence-electron chi connectivity index (χ1n) is 14.7. The number of aromatic nitrogens is 1. The Labute approximate surface area is 245 Å². The second kappa shape index (κ2) is 8.99. The molecule has 210 valence electrons. The summed E-state index contributed by atoms with van der Waals surface area (Å²) < 4.78 is 0.936. The Bertz CT molecular complexity index is 1690. The highest BCUT2D eigenvalue weighted by Gasteiger charge is 2.80. The number of nitrogens with zero attached hydrogens (tertiary/aromatic N) is 1. The number of anilines is 2.